The molecular formula is C13H15F2N3. The lowest BCUT2D eigenvalue weighted by Gasteiger charge is -2.12. The molecule has 0 saturated carbocycles. The summed E-state index contributed by atoms with van der Waals surface area (Å²) in [6.07, 6.45) is 3.50. The van der Waals surface area contributed by atoms with Crippen LogP contribution in [-0.4, -0.2) is 16.6 Å². The molecule has 1 N–H and O–H groups in total. The molecule has 0 amide bonds. The molecule has 0 aliphatic heterocycles. The van der Waals surface area contributed by atoms with Crippen LogP contribution in [0, 0.1) is 0 Å². The number of anilines is 1. The quantitative estimate of drug-likeness (QED) is 0.905. The van der Waals surface area contributed by atoms with Crippen LogP contribution in [0.2, 0.25) is 0 Å². The first-order chi connectivity index (χ1) is 8.49. The number of halogens is 2. The summed E-state index contributed by atoms with van der Waals surface area (Å²) in [5, 5.41) is 2.92. The molecular weight excluding hydrogens is 236 g/mol. The number of hydrogen-bond acceptors (Lipinski definition) is 2. The summed E-state index contributed by atoms with van der Waals surface area (Å²) >= 11 is 0. The van der Waals surface area contributed by atoms with Gasteiger partial charge >= 0.3 is 0 Å². The van der Waals surface area contributed by atoms with Crippen molar-refractivity contribution in [3.63, 3.8) is 0 Å². The fourth-order valence-electron chi connectivity index (χ4n) is 1.73. The highest BCUT2D eigenvalue weighted by atomic mass is 19.3. The van der Waals surface area contributed by atoms with E-state index in [9.17, 15) is 8.78 Å². The van der Waals surface area contributed by atoms with Gasteiger partial charge in [0.2, 0.25) is 0 Å². The number of nitrogens with zero attached hydrogens (tertiary/aromatic N) is 2. The van der Waals surface area contributed by atoms with Gasteiger partial charge in [-0.15, -0.1) is 0 Å². The summed E-state index contributed by atoms with van der Waals surface area (Å²) in [6, 6.07) is 6.45. The lowest BCUT2D eigenvalue weighted by atomic mass is 10.1. The largest absolute Gasteiger partial charge is 0.372 e. The van der Waals surface area contributed by atoms with Crippen molar-refractivity contribution >= 4 is 5.82 Å². The number of hydrogen-bond donors (Lipinski definition) is 1. The minimum atomic E-state index is -2.80. The van der Waals surface area contributed by atoms with Crippen LogP contribution in [-0.2, 0) is 12.5 Å². The second kappa shape index (κ2) is 4.76. The molecule has 0 radical (unpaired) electrons. The van der Waals surface area contributed by atoms with Crippen LogP contribution in [0.4, 0.5) is 14.6 Å². The van der Waals surface area contributed by atoms with Crippen molar-refractivity contribution in [1.82, 2.24) is 9.55 Å². The first kappa shape index (κ1) is 12.5. The molecule has 1 aromatic carbocycles. The Labute approximate surface area is 104 Å². The Morgan fingerprint density at radius 1 is 1.39 bits per heavy atom. The highest BCUT2D eigenvalue weighted by Crippen LogP contribution is 2.27. The van der Waals surface area contributed by atoms with Crippen molar-refractivity contribution in [2.75, 3.05) is 12.4 Å². The van der Waals surface area contributed by atoms with E-state index in [0.29, 0.717) is 6.54 Å². The maximum atomic E-state index is 13.2. The van der Waals surface area contributed by atoms with Gasteiger partial charge in [-0.1, -0.05) is 18.2 Å². The average molecular weight is 251 g/mol. The van der Waals surface area contributed by atoms with Crippen LogP contribution in [0.15, 0.2) is 36.8 Å². The maximum Gasteiger partial charge on any atom is 0.270 e. The van der Waals surface area contributed by atoms with Gasteiger partial charge in [-0.3, -0.25) is 0 Å². The van der Waals surface area contributed by atoms with Crippen LogP contribution in [0.25, 0.3) is 0 Å². The summed E-state index contributed by atoms with van der Waals surface area (Å²) in [5.74, 6) is -2.05. The molecule has 0 aliphatic rings. The van der Waals surface area contributed by atoms with Crippen LogP contribution < -0.4 is 5.32 Å². The van der Waals surface area contributed by atoms with Crippen molar-refractivity contribution in [2.45, 2.75) is 19.4 Å². The van der Waals surface area contributed by atoms with Gasteiger partial charge in [-0.25, -0.2) is 13.8 Å². The minimum absolute atomic E-state index is 0.0361. The number of rotatable bonds is 4. The zero-order chi connectivity index (χ0) is 13.2. The molecule has 96 valence electrons. The second-order valence-electron chi connectivity index (χ2n) is 4.27. The van der Waals surface area contributed by atoms with Gasteiger partial charge in [0.15, 0.2) is 0 Å². The van der Waals surface area contributed by atoms with Gasteiger partial charge in [0, 0.05) is 32.3 Å². The first-order valence-electron chi connectivity index (χ1n) is 5.66. The molecule has 0 spiro atoms. The minimum Gasteiger partial charge on any atom is -0.372 e. The molecule has 0 fully saturated rings. The lowest BCUT2D eigenvalue weighted by molar-refractivity contribution is 0.0174. The van der Waals surface area contributed by atoms with Crippen molar-refractivity contribution in [2.24, 2.45) is 0 Å². The van der Waals surface area contributed by atoms with Gasteiger partial charge in [-0.05, 0) is 11.6 Å². The molecule has 2 rings (SSSR count). The monoisotopic (exact) mass is 251 g/mol. The summed E-state index contributed by atoms with van der Waals surface area (Å²) in [6.45, 7) is 1.43. The molecule has 18 heavy (non-hydrogen) atoms. The van der Waals surface area contributed by atoms with Crippen LogP contribution in [0.5, 0.6) is 0 Å². The van der Waals surface area contributed by atoms with Crippen LogP contribution >= 0.6 is 0 Å². The average Bonchev–Trinajstić information content (AvgIpc) is 2.76. The van der Waals surface area contributed by atoms with Gasteiger partial charge in [0.1, 0.15) is 5.82 Å². The van der Waals surface area contributed by atoms with E-state index in [1.165, 1.54) is 12.1 Å². The number of imidazole rings is 1. The molecule has 2 aromatic rings. The van der Waals surface area contributed by atoms with E-state index in [4.69, 9.17) is 0 Å². The van der Waals surface area contributed by atoms with E-state index in [0.717, 1.165) is 18.3 Å². The van der Waals surface area contributed by atoms with Crippen molar-refractivity contribution in [3.8, 4) is 0 Å². The number of nitrogens with one attached hydrogen (secondary N) is 1. The number of alkyl halides is 2. The van der Waals surface area contributed by atoms with Crippen molar-refractivity contribution < 1.29 is 8.78 Å². The summed E-state index contributed by atoms with van der Waals surface area (Å²) in [7, 11) is 1.78. The number of aromatic nitrogens is 2. The number of benzene rings is 1. The fraction of sp³-hybridized carbons (Fsp3) is 0.308. The van der Waals surface area contributed by atoms with Gasteiger partial charge in [0.25, 0.3) is 5.92 Å². The Morgan fingerprint density at radius 2 is 2.17 bits per heavy atom. The van der Waals surface area contributed by atoms with Crippen LogP contribution in [0.3, 0.4) is 0 Å². The van der Waals surface area contributed by atoms with Crippen molar-refractivity contribution in [3.05, 3.63) is 47.9 Å². The first-order valence-corrected chi connectivity index (χ1v) is 5.66. The molecule has 1 aromatic heterocycles. The van der Waals surface area contributed by atoms with Gasteiger partial charge in [-0.2, -0.15) is 0 Å². The molecule has 0 aliphatic carbocycles. The normalized spacial score (nSPS) is 11.6. The molecule has 1 heterocycles. The van der Waals surface area contributed by atoms with Gasteiger partial charge in [0.05, 0.1) is 6.33 Å². The zero-order valence-electron chi connectivity index (χ0n) is 10.3. The SMILES string of the molecule is CNc1cn(Cc2cccc(C(C)(F)F)c2)cn1. The van der Waals surface area contributed by atoms with E-state index in [1.807, 2.05) is 16.8 Å². The third-order valence-electron chi connectivity index (χ3n) is 2.69. The highest BCUT2D eigenvalue weighted by Gasteiger charge is 2.23. The molecule has 0 bridgehead atoms. The van der Waals surface area contributed by atoms with E-state index in [-0.39, 0.29) is 5.56 Å². The smallest absolute Gasteiger partial charge is 0.270 e. The summed E-state index contributed by atoms with van der Waals surface area (Å²) in [4.78, 5) is 4.11. The summed E-state index contributed by atoms with van der Waals surface area (Å²) in [5.41, 5.74) is 0.864. The predicted molar refractivity (Wildman–Crippen MR) is 66.9 cm³/mol. The molecule has 5 heteroatoms. The Morgan fingerprint density at radius 3 is 2.78 bits per heavy atom. The Bertz CT molecular complexity index is 529. The van der Waals surface area contributed by atoms with Crippen molar-refractivity contribution in [1.29, 1.82) is 0 Å². The second-order valence-corrected chi connectivity index (χ2v) is 4.27. The predicted octanol–water partition coefficient (Wildman–Crippen LogP) is 3.08. The topological polar surface area (TPSA) is 29.9 Å². The highest BCUT2D eigenvalue weighted by molar-refractivity contribution is 5.31. The zero-order valence-corrected chi connectivity index (χ0v) is 10.3. The molecule has 0 atom stereocenters. The van der Waals surface area contributed by atoms with Gasteiger partial charge < -0.3 is 9.88 Å². The lowest BCUT2D eigenvalue weighted by Crippen LogP contribution is -2.08. The Kier molecular flexibility index (Phi) is 3.32. The third kappa shape index (κ3) is 2.85. The Hall–Kier alpha value is -1.91. The maximum absolute atomic E-state index is 13.2. The molecule has 0 unspecified atom stereocenters. The van der Waals surface area contributed by atoms with E-state index in [2.05, 4.69) is 10.3 Å². The van der Waals surface area contributed by atoms with E-state index in [1.54, 1.807) is 19.4 Å². The third-order valence-corrected chi connectivity index (χ3v) is 2.69. The summed E-state index contributed by atoms with van der Waals surface area (Å²) < 4.78 is 28.3. The van der Waals surface area contributed by atoms with E-state index >= 15 is 0 Å². The molecule has 3 nitrogen and oxygen atoms in total. The molecule has 0 saturated heterocycles. The fourth-order valence-corrected chi connectivity index (χ4v) is 1.73. The van der Waals surface area contributed by atoms with E-state index < -0.39 is 5.92 Å². The Balaban J connectivity index is 2.19. The van der Waals surface area contributed by atoms with Crippen LogP contribution in [0.1, 0.15) is 18.1 Å². The standard InChI is InChI=1S/C13H15F2N3/c1-13(14,15)11-5-3-4-10(6-11)7-18-8-12(16-2)17-9-18/h3-6,8-9,16H,7H2,1-2H3.